The Balaban J connectivity index is 2.24. The average molecular weight is 215 g/mol. The minimum atomic E-state index is 0.187. The van der Waals surface area contributed by atoms with Gasteiger partial charge in [-0.3, -0.25) is 4.79 Å². The quantitative estimate of drug-likeness (QED) is 0.781. The van der Waals surface area contributed by atoms with Crippen LogP contribution in [0.4, 0.5) is 5.69 Å². The minimum Gasteiger partial charge on any atom is -0.378 e. The fourth-order valence-electron chi connectivity index (χ4n) is 2.07. The number of aldehydes is 1. The van der Waals surface area contributed by atoms with Gasteiger partial charge in [0.1, 0.15) is 6.29 Å². The van der Waals surface area contributed by atoms with Crippen LogP contribution < -0.4 is 5.32 Å². The summed E-state index contributed by atoms with van der Waals surface area (Å²) < 4.78 is 0. The van der Waals surface area contributed by atoms with Crippen LogP contribution in [0.15, 0.2) is 29.8 Å². The molecule has 0 radical (unpaired) electrons. The lowest BCUT2D eigenvalue weighted by molar-refractivity contribution is -0.105. The molecule has 0 aromatic heterocycles. The largest absolute Gasteiger partial charge is 0.378 e. The Kier molecular flexibility index (Phi) is 3.40. The lowest BCUT2D eigenvalue weighted by atomic mass is 9.95. The molecule has 0 aliphatic carbocycles. The Bertz CT molecular complexity index is 409. The number of carbonyl (C=O) groups is 1. The van der Waals surface area contributed by atoms with Gasteiger partial charge >= 0.3 is 0 Å². The second-order valence-corrected chi connectivity index (χ2v) is 4.19. The van der Waals surface area contributed by atoms with E-state index >= 15 is 0 Å². The number of rotatable bonds is 4. The maximum atomic E-state index is 11.0. The number of hydrogen-bond acceptors (Lipinski definition) is 2. The molecular formula is C14H17NO. The predicted molar refractivity (Wildman–Crippen MR) is 67.4 cm³/mol. The number of para-hydroxylation sites is 1. The molecule has 0 spiro atoms. The maximum Gasteiger partial charge on any atom is 0.148 e. The van der Waals surface area contributed by atoms with Crippen LogP contribution in [0.2, 0.25) is 0 Å². The molecule has 1 aromatic carbocycles. The molecule has 2 nitrogen and oxygen atoms in total. The summed E-state index contributed by atoms with van der Waals surface area (Å²) >= 11 is 0. The molecule has 1 N–H and O–H groups in total. The third-order valence-electron chi connectivity index (χ3n) is 3.00. The molecule has 1 aliphatic heterocycles. The van der Waals surface area contributed by atoms with Gasteiger partial charge in [-0.1, -0.05) is 38.0 Å². The van der Waals surface area contributed by atoms with Crippen LogP contribution in [0.3, 0.4) is 0 Å². The van der Waals surface area contributed by atoms with Crippen molar-refractivity contribution in [2.45, 2.75) is 32.2 Å². The molecule has 1 aliphatic rings. The Morgan fingerprint density at radius 1 is 1.38 bits per heavy atom. The molecule has 1 atom stereocenters. The monoisotopic (exact) mass is 215 g/mol. The summed E-state index contributed by atoms with van der Waals surface area (Å²) in [5.41, 5.74) is 3.11. The predicted octanol–water partition coefficient (Wildman–Crippen LogP) is 3.25. The van der Waals surface area contributed by atoms with Gasteiger partial charge in [0, 0.05) is 11.3 Å². The van der Waals surface area contributed by atoms with E-state index in [2.05, 4.69) is 18.3 Å². The van der Waals surface area contributed by atoms with Crippen molar-refractivity contribution in [3.63, 3.8) is 0 Å². The Morgan fingerprint density at radius 3 is 2.94 bits per heavy atom. The van der Waals surface area contributed by atoms with Gasteiger partial charge < -0.3 is 5.32 Å². The van der Waals surface area contributed by atoms with E-state index in [1.54, 1.807) is 0 Å². The average Bonchev–Trinajstić information content (AvgIpc) is 2.35. The fraction of sp³-hybridized carbons (Fsp3) is 0.357. The first kappa shape index (κ1) is 10.9. The molecule has 16 heavy (non-hydrogen) atoms. The van der Waals surface area contributed by atoms with Crippen molar-refractivity contribution in [2.75, 3.05) is 5.32 Å². The second kappa shape index (κ2) is 4.97. The van der Waals surface area contributed by atoms with Gasteiger partial charge in [-0.25, -0.2) is 0 Å². The molecule has 1 aromatic rings. The third-order valence-corrected chi connectivity index (χ3v) is 3.00. The highest BCUT2D eigenvalue weighted by molar-refractivity contribution is 5.89. The van der Waals surface area contributed by atoms with Gasteiger partial charge in [0.2, 0.25) is 0 Å². The van der Waals surface area contributed by atoms with Crippen molar-refractivity contribution < 1.29 is 4.79 Å². The summed E-state index contributed by atoms with van der Waals surface area (Å²) in [6.45, 7) is 2.17. The van der Waals surface area contributed by atoms with Crippen LogP contribution >= 0.6 is 0 Å². The molecule has 84 valence electrons. The van der Waals surface area contributed by atoms with Crippen LogP contribution in [-0.4, -0.2) is 12.3 Å². The fourth-order valence-corrected chi connectivity index (χ4v) is 2.07. The number of anilines is 1. The number of benzene rings is 1. The summed E-state index contributed by atoms with van der Waals surface area (Å²) in [5, 5.41) is 3.43. The molecule has 2 rings (SSSR count). The zero-order valence-corrected chi connectivity index (χ0v) is 9.57. The summed E-state index contributed by atoms with van der Waals surface area (Å²) in [5.74, 6) is 0. The highest BCUT2D eigenvalue weighted by Crippen LogP contribution is 2.27. The van der Waals surface area contributed by atoms with E-state index < -0.39 is 0 Å². The van der Waals surface area contributed by atoms with Gasteiger partial charge in [0.05, 0.1) is 6.04 Å². The molecule has 0 saturated carbocycles. The zero-order valence-electron chi connectivity index (χ0n) is 9.57. The molecule has 2 heteroatoms. The SMILES string of the molecule is CCCC[C@H]1Nc2ccccc2C=C1C=O. The van der Waals surface area contributed by atoms with E-state index in [1.807, 2.05) is 24.3 Å². The number of carbonyl (C=O) groups excluding carboxylic acids is 1. The van der Waals surface area contributed by atoms with Crippen molar-refractivity contribution in [3.8, 4) is 0 Å². The van der Waals surface area contributed by atoms with Crippen LogP contribution in [0.1, 0.15) is 31.7 Å². The van der Waals surface area contributed by atoms with Gasteiger partial charge in [0.15, 0.2) is 0 Å². The first-order chi connectivity index (χ1) is 7.85. The van der Waals surface area contributed by atoms with Crippen molar-refractivity contribution in [3.05, 3.63) is 35.4 Å². The van der Waals surface area contributed by atoms with E-state index in [9.17, 15) is 4.79 Å². The summed E-state index contributed by atoms with van der Waals surface area (Å²) in [7, 11) is 0. The number of unbranched alkanes of at least 4 members (excludes halogenated alkanes) is 1. The van der Waals surface area contributed by atoms with Crippen molar-refractivity contribution in [1.82, 2.24) is 0 Å². The lowest BCUT2D eigenvalue weighted by Gasteiger charge is -2.25. The normalized spacial score (nSPS) is 18.3. The van der Waals surface area contributed by atoms with E-state index in [1.165, 1.54) is 0 Å². The standard InChI is InChI=1S/C14H17NO/c1-2-3-7-14-12(10-16)9-11-6-4-5-8-13(11)15-14/h4-6,8-10,14-15H,2-3,7H2,1H3/t14-/m1/s1. The van der Waals surface area contributed by atoms with Crippen molar-refractivity contribution >= 4 is 18.0 Å². The van der Waals surface area contributed by atoms with E-state index in [0.717, 1.165) is 42.4 Å². The molecule has 0 fully saturated rings. The number of hydrogen-bond donors (Lipinski definition) is 1. The van der Waals surface area contributed by atoms with Crippen LogP contribution in [0.5, 0.6) is 0 Å². The van der Waals surface area contributed by atoms with Gasteiger partial charge in [-0.15, -0.1) is 0 Å². The lowest BCUT2D eigenvalue weighted by Crippen LogP contribution is -2.26. The molecule has 0 bridgehead atoms. The summed E-state index contributed by atoms with van der Waals surface area (Å²) in [4.78, 5) is 11.0. The van der Waals surface area contributed by atoms with Crippen molar-refractivity contribution in [1.29, 1.82) is 0 Å². The second-order valence-electron chi connectivity index (χ2n) is 4.19. The molecule has 0 amide bonds. The minimum absolute atomic E-state index is 0.187. The third kappa shape index (κ3) is 2.16. The Labute approximate surface area is 96.4 Å². The first-order valence-corrected chi connectivity index (χ1v) is 5.87. The molecule has 0 unspecified atom stereocenters. The zero-order chi connectivity index (χ0) is 11.4. The van der Waals surface area contributed by atoms with Crippen molar-refractivity contribution in [2.24, 2.45) is 0 Å². The molecule has 1 heterocycles. The van der Waals surface area contributed by atoms with Crippen LogP contribution in [-0.2, 0) is 4.79 Å². The highest BCUT2D eigenvalue weighted by atomic mass is 16.1. The Hall–Kier alpha value is -1.57. The van der Waals surface area contributed by atoms with Crippen LogP contribution in [0.25, 0.3) is 6.08 Å². The van der Waals surface area contributed by atoms with Gasteiger partial charge in [0.25, 0.3) is 0 Å². The Morgan fingerprint density at radius 2 is 2.19 bits per heavy atom. The van der Waals surface area contributed by atoms with Gasteiger partial charge in [-0.2, -0.15) is 0 Å². The molecule has 0 saturated heterocycles. The van der Waals surface area contributed by atoms with Gasteiger partial charge in [-0.05, 0) is 24.1 Å². The number of fused-ring (bicyclic) bond motifs is 1. The first-order valence-electron chi connectivity index (χ1n) is 5.87. The summed E-state index contributed by atoms with van der Waals surface area (Å²) in [6.07, 6.45) is 6.30. The molecular weight excluding hydrogens is 198 g/mol. The van der Waals surface area contributed by atoms with E-state index in [0.29, 0.717) is 0 Å². The smallest absolute Gasteiger partial charge is 0.148 e. The van der Waals surface area contributed by atoms with E-state index in [4.69, 9.17) is 0 Å². The van der Waals surface area contributed by atoms with E-state index in [-0.39, 0.29) is 6.04 Å². The highest BCUT2D eigenvalue weighted by Gasteiger charge is 2.18. The number of nitrogens with one attached hydrogen (secondary N) is 1. The topological polar surface area (TPSA) is 29.1 Å². The van der Waals surface area contributed by atoms with Crippen LogP contribution in [0, 0.1) is 0 Å². The maximum absolute atomic E-state index is 11.0. The summed E-state index contributed by atoms with van der Waals surface area (Å²) in [6, 6.07) is 8.29.